The zero-order valence-electron chi connectivity index (χ0n) is 27.7. The number of nitrogens with one attached hydrogen (secondary N) is 2. The second-order valence-corrected chi connectivity index (χ2v) is 12.8. The maximum absolute atomic E-state index is 13.3. The van der Waals surface area contributed by atoms with Crippen LogP contribution in [0.4, 0.5) is 29.2 Å². The van der Waals surface area contributed by atoms with Gasteiger partial charge in [-0.1, -0.05) is 11.6 Å². The summed E-state index contributed by atoms with van der Waals surface area (Å²) in [6.45, 7) is 9.96. The van der Waals surface area contributed by atoms with Gasteiger partial charge in [0.25, 0.3) is 11.9 Å². The first-order valence-electron chi connectivity index (χ1n) is 16.1. The number of aromatic nitrogens is 8. The Bertz CT molecular complexity index is 1690. The van der Waals surface area contributed by atoms with Crippen molar-refractivity contribution in [3.8, 4) is 17.8 Å². The summed E-state index contributed by atoms with van der Waals surface area (Å²) < 4.78 is 61.9. The van der Waals surface area contributed by atoms with Crippen molar-refractivity contribution in [3.05, 3.63) is 52.2 Å². The molecule has 2 aliphatic rings. The number of halogens is 5. The lowest BCUT2D eigenvalue weighted by molar-refractivity contribution is -0.0366. The molecule has 6 rings (SSSR count). The van der Waals surface area contributed by atoms with E-state index in [2.05, 4.69) is 40.8 Å². The van der Waals surface area contributed by atoms with Crippen molar-refractivity contribution < 1.29 is 22.3 Å². The fraction of sp³-hybridized carbons (Fsp3) is 0.562. The van der Waals surface area contributed by atoms with Gasteiger partial charge >= 0.3 is 0 Å². The fourth-order valence-electron chi connectivity index (χ4n) is 5.83. The lowest BCUT2D eigenvalue weighted by atomic mass is 9.92. The summed E-state index contributed by atoms with van der Waals surface area (Å²) in [5, 5.41) is 15.5. The number of hydrogen-bond acceptors (Lipinski definition) is 9. The highest BCUT2D eigenvalue weighted by Crippen LogP contribution is 2.35. The van der Waals surface area contributed by atoms with Crippen LogP contribution in [0.15, 0.2) is 24.3 Å². The van der Waals surface area contributed by atoms with Crippen molar-refractivity contribution in [2.24, 2.45) is 0 Å². The Kier molecular flexibility index (Phi) is 10.8. The first kappa shape index (κ1) is 35.3. The van der Waals surface area contributed by atoms with Crippen molar-refractivity contribution in [2.45, 2.75) is 110 Å². The highest BCUT2D eigenvalue weighted by atomic mass is 35.5. The van der Waals surface area contributed by atoms with Crippen molar-refractivity contribution in [2.75, 3.05) is 17.2 Å². The Balaban J connectivity index is 0.000000188. The quantitative estimate of drug-likeness (QED) is 0.142. The molecule has 4 aromatic rings. The number of hydrogen-bond donors (Lipinski definition) is 2. The molecule has 2 N–H and O–H groups in total. The Morgan fingerprint density at radius 2 is 1.15 bits per heavy atom. The summed E-state index contributed by atoms with van der Waals surface area (Å²) in [7, 11) is 0. The third kappa shape index (κ3) is 9.32. The summed E-state index contributed by atoms with van der Waals surface area (Å²) in [4.78, 5) is 17.5. The molecule has 0 aromatic carbocycles. The van der Waals surface area contributed by atoms with Crippen molar-refractivity contribution in [1.29, 1.82) is 0 Å². The predicted octanol–water partition coefficient (Wildman–Crippen LogP) is 7.59. The van der Waals surface area contributed by atoms with Crippen molar-refractivity contribution in [3.63, 3.8) is 0 Å². The maximum atomic E-state index is 13.3. The number of nitrogens with zero attached hydrogens (tertiary/aromatic N) is 8. The van der Waals surface area contributed by atoms with E-state index in [4.69, 9.17) is 16.3 Å². The summed E-state index contributed by atoms with van der Waals surface area (Å²) in [6.07, 6.45) is 1.23. The van der Waals surface area contributed by atoms with Gasteiger partial charge in [0.05, 0.1) is 18.0 Å². The smallest absolute Gasteiger partial charge is 0.256 e. The van der Waals surface area contributed by atoms with E-state index in [0.717, 1.165) is 22.8 Å². The van der Waals surface area contributed by atoms with Crippen LogP contribution in [0.1, 0.15) is 81.1 Å². The maximum Gasteiger partial charge on any atom is 0.256 e. The van der Waals surface area contributed by atoms with E-state index in [9.17, 15) is 17.6 Å². The minimum Gasteiger partial charge on any atom is -0.478 e. The Morgan fingerprint density at radius 3 is 1.56 bits per heavy atom. The Morgan fingerprint density at radius 1 is 0.708 bits per heavy atom. The van der Waals surface area contributed by atoms with Crippen LogP contribution in [0, 0.1) is 27.7 Å². The van der Waals surface area contributed by atoms with E-state index < -0.39 is 11.8 Å². The van der Waals surface area contributed by atoms with E-state index in [-0.39, 0.29) is 42.9 Å². The highest BCUT2D eigenvalue weighted by Gasteiger charge is 2.36. The summed E-state index contributed by atoms with van der Waals surface area (Å²) >= 11 is 6.07. The first-order chi connectivity index (χ1) is 22.7. The lowest BCUT2D eigenvalue weighted by Gasteiger charge is -2.29. The molecule has 0 amide bonds. The van der Waals surface area contributed by atoms with Gasteiger partial charge in [-0.3, -0.25) is 0 Å². The Hall–Kier alpha value is -4.01. The average Bonchev–Trinajstić information content (AvgIpc) is 3.54. The molecule has 0 saturated heterocycles. The van der Waals surface area contributed by atoms with Crippen LogP contribution in [0.3, 0.4) is 0 Å². The van der Waals surface area contributed by atoms with Crippen LogP contribution in [-0.4, -0.2) is 70.0 Å². The van der Waals surface area contributed by atoms with E-state index >= 15 is 0 Å². The SMILES string of the molecule is CCOc1cc(NC2CCC(F)(F)CC2)nc(-n2nc(C)cc2C)n1.Cc1cc(C)n(-c2nc(Cl)cc(NC3CCC(F)(F)CC3)n2)n1. The molecule has 0 spiro atoms. The summed E-state index contributed by atoms with van der Waals surface area (Å²) in [6, 6.07) is 7.09. The largest absolute Gasteiger partial charge is 0.478 e. The monoisotopic (exact) mass is 692 g/mol. The molecule has 4 heterocycles. The molecule has 0 unspecified atom stereocenters. The molecule has 2 fully saturated rings. The van der Waals surface area contributed by atoms with Gasteiger partial charge in [-0.05, 0) is 72.4 Å². The minimum absolute atomic E-state index is 0.0303. The van der Waals surface area contributed by atoms with Crippen LogP contribution in [0.2, 0.25) is 5.15 Å². The van der Waals surface area contributed by atoms with Crippen LogP contribution in [0.5, 0.6) is 5.88 Å². The van der Waals surface area contributed by atoms with Crippen molar-refractivity contribution >= 4 is 23.2 Å². The predicted molar refractivity (Wildman–Crippen MR) is 175 cm³/mol. The van der Waals surface area contributed by atoms with Gasteiger partial charge in [-0.15, -0.1) is 0 Å². The molecule has 2 aliphatic carbocycles. The third-order valence-corrected chi connectivity index (χ3v) is 8.40. The molecule has 0 bridgehead atoms. The number of alkyl halides is 4. The topological polar surface area (TPSA) is 120 Å². The van der Waals surface area contributed by atoms with Gasteiger partial charge < -0.3 is 15.4 Å². The zero-order valence-corrected chi connectivity index (χ0v) is 28.5. The van der Waals surface area contributed by atoms with Gasteiger partial charge in [0.15, 0.2) is 0 Å². The molecule has 0 aliphatic heterocycles. The number of anilines is 2. The van der Waals surface area contributed by atoms with E-state index in [1.54, 1.807) is 21.5 Å². The molecule has 0 atom stereocenters. The van der Waals surface area contributed by atoms with E-state index in [1.807, 2.05) is 46.8 Å². The zero-order chi connectivity index (χ0) is 34.6. The third-order valence-electron chi connectivity index (χ3n) is 8.20. The first-order valence-corrected chi connectivity index (χ1v) is 16.5. The molecule has 2 saturated carbocycles. The average molecular weight is 693 g/mol. The van der Waals surface area contributed by atoms with Gasteiger partial charge in [-0.2, -0.15) is 30.1 Å². The number of rotatable bonds is 8. The molecular weight excluding hydrogens is 652 g/mol. The standard InChI is InChI=1S/C17H23F2N5O.C15H18ClF2N5/c1-4-25-15-10-14(20-13-5-7-17(18,19)8-6-13)21-16(22-15)24-12(3)9-11(2)23-24;1-9-7-10(2)23(22-9)14-20-12(16)8-13(21-14)19-11-3-5-15(17,18)6-4-11/h9-10,13H,4-8H2,1-3H3,(H,20,21,22);7-8,11H,3-6H2,1-2H3,(H,19,20,21). The van der Waals surface area contributed by atoms with Crippen LogP contribution >= 0.6 is 11.6 Å². The van der Waals surface area contributed by atoms with Crippen LogP contribution in [-0.2, 0) is 0 Å². The minimum atomic E-state index is -2.55. The Labute approximate surface area is 281 Å². The second kappa shape index (κ2) is 14.6. The summed E-state index contributed by atoms with van der Waals surface area (Å²) in [5.74, 6) is -2.79. The van der Waals surface area contributed by atoms with E-state index in [1.165, 1.54) is 0 Å². The van der Waals surface area contributed by atoms with Crippen molar-refractivity contribution in [1.82, 2.24) is 39.5 Å². The van der Waals surface area contributed by atoms with Gasteiger partial charge in [-0.25, -0.2) is 26.9 Å². The molecular formula is C32H41ClF4N10O. The number of aryl methyl sites for hydroxylation is 4. The highest BCUT2D eigenvalue weighted by molar-refractivity contribution is 6.29. The second-order valence-electron chi connectivity index (χ2n) is 12.4. The van der Waals surface area contributed by atoms with Crippen LogP contribution < -0.4 is 15.4 Å². The normalized spacial score (nSPS) is 17.8. The van der Waals surface area contributed by atoms with Crippen LogP contribution in [0.25, 0.3) is 11.9 Å². The molecule has 11 nitrogen and oxygen atoms in total. The van der Waals surface area contributed by atoms with E-state index in [0.29, 0.717) is 61.7 Å². The lowest BCUT2D eigenvalue weighted by Crippen LogP contribution is -2.32. The van der Waals surface area contributed by atoms with Gasteiger partial charge in [0, 0.05) is 61.3 Å². The molecule has 0 radical (unpaired) electrons. The molecule has 4 aromatic heterocycles. The summed E-state index contributed by atoms with van der Waals surface area (Å²) in [5.41, 5.74) is 3.53. The number of ether oxygens (including phenoxy) is 1. The molecule has 48 heavy (non-hydrogen) atoms. The molecule has 16 heteroatoms. The van der Waals surface area contributed by atoms with Gasteiger partial charge in [0.1, 0.15) is 16.8 Å². The molecule has 260 valence electrons. The fourth-order valence-corrected chi connectivity index (χ4v) is 6.01. The van der Waals surface area contributed by atoms with Gasteiger partial charge in [0.2, 0.25) is 17.7 Å².